The van der Waals surface area contributed by atoms with Gasteiger partial charge in [-0.25, -0.2) is 4.39 Å². The molecule has 2 amide bonds. The van der Waals surface area contributed by atoms with Crippen LogP contribution in [0.4, 0.5) is 10.1 Å². The lowest BCUT2D eigenvalue weighted by Gasteiger charge is -2.25. The highest BCUT2D eigenvalue weighted by Crippen LogP contribution is 2.34. The zero-order chi connectivity index (χ0) is 24.2. The van der Waals surface area contributed by atoms with E-state index in [1.54, 1.807) is 42.2 Å². The molecule has 1 aromatic heterocycles. The summed E-state index contributed by atoms with van der Waals surface area (Å²) < 4.78 is 15.4. The third kappa shape index (κ3) is 5.10. The second-order valence-electron chi connectivity index (χ2n) is 8.02. The van der Waals surface area contributed by atoms with Gasteiger partial charge in [0.2, 0.25) is 5.91 Å². The SMILES string of the molecule is CCn1c(SCC(=O)Nc2cc(F)ccc2C)nnc1C1CCCN1C(=O)c1ccccc1Cl. The van der Waals surface area contributed by atoms with Crippen LogP contribution in [0.2, 0.25) is 5.02 Å². The Hall–Kier alpha value is -2.91. The highest BCUT2D eigenvalue weighted by Gasteiger charge is 2.35. The number of carbonyl (C=O) groups excluding carboxylic acids is 2. The van der Waals surface area contributed by atoms with Crippen molar-refractivity contribution in [1.82, 2.24) is 19.7 Å². The predicted molar refractivity (Wildman–Crippen MR) is 131 cm³/mol. The summed E-state index contributed by atoms with van der Waals surface area (Å²) in [4.78, 5) is 27.5. The van der Waals surface area contributed by atoms with Gasteiger partial charge in [0.1, 0.15) is 5.82 Å². The summed E-state index contributed by atoms with van der Waals surface area (Å²) >= 11 is 7.51. The van der Waals surface area contributed by atoms with E-state index < -0.39 is 5.82 Å². The molecule has 0 spiro atoms. The average Bonchev–Trinajstić information content (AvgIpc) is 3.46. The van der Waals surface area contributed by atoms with Crippen molar-refractivity contribution in [2.75, 3.05) is 17.6 Å². The summed E-state index contributed by atoms with van der Waals surface area (Å²) in [7, 11) is 0. The van der Waals surface area contributed by atoms with Crippen LogP contribution in [0.25, 0.3) is 0 Å². The van der Waals surface area contributed by atoms with E-state index in [-0.39, 0.29) is 23.6 Å². The van der Waals surface area contributed by atoms with E-state index in [1.807, 2.05) is 11.5 Å². The lowest BCUT2D eigenvalue weighted by Crippen LogP contribution is -2.32. The number of aryl methyl sites for hydroxylation is 1. The number of hydrogen-bond acceptors (Lipinski definition) is 5. The van der Waals surface area contributed by atoms with E-state index in [0.29, 0.717) is 40.3 Å². The predicted octanol–water partition coefficient (Wildman–Crippen LogP) is 5.11. The number of anilines is 1. The molecule has 4 rings (SSSR count). The smallest absolute Gasteiger partial charge is 0.255 e. The Labute approximate surface area is 206 Å². The fourth-order valence-corrected chi connectivity index (χ4v) is 5.09. The van der Waals surface area contributed by atoms with Crippen LogP contribution in [-0.2, 0) is 11.3 Å². The maximum Gasteiger partial charge on any atom is 0.255 e. The van der Waals surface area contributed by atoms with Gasteiger partial charge in [0.05, 0.1) is 22.4 Å². The summed E-state index contributed by atoms with van der Waals surface area (Å²) in [6.07, 6.45) is 1.63. The normalized spacial score (nSPS) is 15.5. The van der Waals surface area contributed by atoms with Crippen molar-refractivity contribution in [3.8, 4) is 0 Å². The van der Waals surface area contributed by atoms with Crippen molar-refractivity contribution < 1.29 is 14.0 Å². The molecule has 0 radical (unpaired) electrons. The number of aromatic nitrogens is 3. The Balaban J connectivity index is 1.47. The van der Waals surface area contributed by atoms with Gasteiger partial charge < -0.3 is 14.8 Å². The molecule has 34 heavy (non-hydrogen) atoms. The van der Waals surface area contributed by atoms with E-state index in [1.165, 1.54) is 23.9 Å². The molecule has 2 aromatic carbocycles. The maximum absolute atomic E-state index is 13.5. The van der Waals surface area contributed by atoms with Gasteiger partial charge in [-0.1, -0.05) is 41.6 Å². The molecule has 0 saturated carbocycles. The van der Waals surface area contributed by atoms with Crippen LogP contribution in [0, 0.1) is 12.7 Å². The summed E-state index contributed by atoms with van der Waals surface area (Å²) in [6.45, 7) is 4.99. The molecule has 10 heteroatoms. The van der Waals surface area contributed by atoms with Crippen molar-refractivity contribution in [3.05, 3.63) is 70.3 Å². The number of thioether (sulfide) groups is 1. The highest BCUT2D eigenvalue weighted by atomic mass is 35.5. The van der Waals surface area contributed by atoms with Crippen molar-refractivity contribution in [2.24, 2.45) is 0 Å². The van der Waals surface area contributed by atoms with Crippen molar-refractivity contribution in [3.63, 3.8) is 0 Å². The molecule has 3 aromatic rings. The Kier molecular flexibility index (Phi) is 7.53. The number of hydrogen-bond donors (Lipinski definition) is 1. The monoisotopic (exact) mass is 501 g/mol. The fraction of sp³-hybridized carbons (Fsp3) is 0.333. The molecule has 1 aliphatic heterocycles. The zero-order valence-corrected chi connectivity index (χ0v) is 20.5. The van der Waals surface area contributed by atoms with Crippen LogP contribution in [-0.4, -0.2) is 43.8 Å². The number of nitrogens with zero attached hydrogens (tertiary/aromatic N) is 4. The standard InChI is InChI=1S/C24H25ClFN5O2S/c1-3-30-22(20-9-6-12-31(20)23(33)17-7-4-5-8-18(17)25)28-29-24(30)34-14-21(32)27-19-13-16(26)11-10-15(19)2/h4-5,7-8,10-11,13,20H,3,6,9,12,14H2,1-2H3,(H,27,32). The molecule has 1 unspecified atom stereocenters. The summed E-state index contributed by atoms with van der Waals surface area (Å²) in [5, 5.41) is 12.5. The van der Waals surface area contributed by atoms with Crippen LogP contribution >= 0.6 is 23.4 Å². The molecule has 0 aliphatic carbocycles. The molecular formula is C24H25ClFN5O2S. The fourth-order valence-electron chi connectivity index (χ4n) is 4.06. The van der Waals surface area contributed by atoms with Crippen molar-refractivity contribution in [2.45, 2.75) is 44.4 Å². The molecule has 1 saturated heterocycles. The molecule has 1 aliphatic rings. The molecule has 1 N–H and O–H groups in total. The molecule has 1 atom stereocenters. The van der Waals surface area contributed by atoms with Crippen LogP contribution in [0.3, 0.4) is 0 Å². The molecule has 2 heterocycles. The quantitative estimate of drug-likeness (QED) is 0.455. The molecule has 0 bridgehead atoms. The van der Waals surface area contributed by atoms with Gasteiger partial charge in [0.25, 0.3) is 5.91 Å². The first-order valence-corrected chi connectivity index (χ1v) is 12.4. The van der Waals surface area contributed by atoms with Gasteiger partial charge in [-0.2, -0.15) is 0 Å². The van der Waals surface area contributed by atoms with Gasteiger partial charge in [-0.05, 0) is 56.5 Å². The van der Waals surface area contributed by atoms with Crippen LogP contribution in [0.1, 0.15) is 47.6 Å². The minimum Gasteiger partial charge on any atom is -0.328 e. The average molecular weight is 502 g/mol. The van der Waals surface area contributed by atoms with Gasteiger partial charge in [-0.3, -0.25) is 9.59 Å². The second-order valence-corrected chi connectivity index (χ2v) is 9.37. The summed E-state index contributed by atoms with van der Waals surface area (Å²) in [6, 6.07) is 11.1. The Bertz CT molecular complexity index is 1220. The number of nitrogens with one attached hydrogen (secondary N) is 1. The first-order chi connectivity index (χ1) is 16.4. The van der Waals surface area contributed by atoms with Gasteiger partial charge in [0.15, 0.2) is 11.0 Å². The van der Waals surface area contributed by atoms with Crippen LogP contribution in [0.15, 0.2) is 47.6 Å². The Morgan fingerprint density at radius 3 is 2.79 bits per heavy atom. The van der Waals surface area contributed by atoms with Gasteiger partial charge in [0, 0.05) is 18.8 Å². The van der Waals surface area contributed by atoms with Crippen molar-refractivity contribution in [1.29, 1.82) is 0 Å². The van der Waals surface area contributed by atoms with E-state index in [9.17, 15) is 14.0 Å². The molecule has 1 fully saturated rings. The number of likely N-dealkylation sites (tertiary alicyclic amines) is 1. The molecular weight excluding hydrogens is 477 g/mol. The number of halogens is 2. The number of rotatable bonds is 7. The largest absolute Gasteiger partial charge is 0.328 e. The van der Waals surface area contributed by atoms with Crippen molar-refractivity contribution >= 4 is 40.9 Å². The minimum absolute atomic E-state index is 0.0982. The molecule has 7 nitrogen and oxygen atoms in total. The van der Waals surface area contributed by atoms with E-state index >= 15 is 0 Å². The number of benzene rings is 2. The van der Waals surface area contributed by atoms with Crippen LogP contribution < -0.4 is 5.32 Å². The lowest BCUT2D eigenvalue weighted by atomic mass is 10.1. The summed E-state index contributed by atoms with van der Waals surface area (Å²) in [5.41, 5.74) is 1.70. The van der Waals surface area contributed by atoms with Gasteiger partial charge >= 0.3 is 0 Å². The Morgan fingerprint density at radius 2 is 2.03 bits per heavy atom. The first kappa shape index (κ1) is 24.2. The van der Waals surface area contributed by atoms with E-state index in [2.05, 4.69) is 15.5 Å². The highest BCUT2D eigenvalue weighted by molar-refractivity contribution is 7.99. The third-order valence-corrected chi connectivity index (χ3v) is 7.08. The van der Waals surface area contributed by atoms with Gasteiger partial charge in [-0.15, -0.1) is 10.2 Å². The Morgan fingerprint density at radius 1 is 1.24 bits per heavy atom. The summed E-state index contributed by atoms with van der Waals surface area (Å²) in [5.74, 6) is 0.00171. The maximum atomic E-state index is 13.5. The lowest BCUT2D eigenvalue weighted by molar-refractivity contribution is -0.113. The van der Waals surface area contributed by atoms with Crippen LogP contribution in [0.5, 0.6) is 0 Å². The topological polar surface area (TPSA) is 80.1 Å². The zero-order valence-electron chi connectivity index (χ0n) is 18.9. The first-order valence-electron chi connectivity index (χ1n) is 11.1. The van der Waals surface area contributed by atoms with E-state index in [4.69, 9.17) is 11.6 Å². The third-order valence-electron chi connectivity index (χ3n) is 5.78. The minimum atomic E-state index is -0.406. The second kappa shape index (κ2) is 10.6. The molecule has 178 valence electrons. The van der Waals surface area contributed by atoms with E-state index in [0.717, 1.165) is 18.4 Å². The number of amides is 2. The number of carbonyl (C=O) groups is 2.